The molecule has 1 rings (SSSR count). The lowest BCUT2D eigenvalue weighted by Gasteiger charge is -2.18. The van der Waals surface area contributed by atoms with E-state index < -0.39 is 11.8 Å². The second kappa shape index (κ2) is 6.88. The summed E-state index contributed by atoms with van der Waals surface area (Å²) >= 11 is 0. The summed E-state index contributed by atoms with van der Waals surface area (Å²) in [6, 6.07) is 0. The van der Waals surface area contributed by atoms with Gasteiger partial charge >= 0.3 is 17.5 Å². The Morgan fingerprint density at radius 3 is 1.95 bits per heavy atom. The van der Waals surface area contributed by atoms with Crippen molar-refractivity contribution in [2.24, 2.45) is 0 Å². The van der Waals surface area contributed by atoms with Crippen LogP contribution in [-0.2, 0) is 0 Å². The molecule has 0 aliphatic rings. The van der Waals surface area contributed by atoms with Crippen molar-refractivity contribution in [3.05, 3.63) is 16.6 Å². The zero-order chi connectivity index (χ0) is 15.3. The van der Waals surface area contributed by atoms with Gasteiger partial charge in [-0.05, 0) is 32.6 Å². The number of hydrogen-bond donors (Lipinski definition) is 0. The molecule has 0 saturated carbocycles. The number of aromatic nitrogens is 2. The van der Waals surface area contributed by atoms with Crippen LogP contribution in [0.1, 0.15) is 48.7 Å². The van der Waals surface area contributed by atoms with Crippen molar-refractivity contribution in [1.82, 2.24) is 15.0 Å². The van der Waals surface area contributed by atoms with Crippen LogP contribution in [0.3, 0.4) is 0 Å². The van der Waals surface area contributed by atoms with E-state index in [9.17, 15) is 14.8 Å². The maximum absolute atomic E-state index is 12.2. The van der Waals surface area contributed by atoms with Crippen molar-refractivity contribution in [2.75, 3.05) is 26.2 Å². The zero-order valence-electron chi connectivity index (χ0n) is 12.3. The average Bonchev–Trinajstić information content (AvgIpc) is 2.83. The van der Waals surface area contributed by atoms with E-state index in [1.165, 1.54) is 9.80 Å². The minimum absolute atomic E-state index is 0.00259. The van der Waals surface area contributed by atoms with E-state index in [4.69, 9.17) is 0 Å². The van der Waals surface area contributed by atoms with E-state index in [0.29, 0.717) is 26.2 Å². The zero-order valence-corrected chi connectivity index (χ0v) is 12.3. The fraction of sp³-hybridized carbons (Fsp3) is 0.667. The lowest BCUT2D eigenvalue weighted by molar-refractivity contribution is -0.803. The number of carbonyl (C=O) groups is 2. The van der Waals surface area contributed by atoms with E-state index in [1.54, 1.807) is 27.7 Å². The minimum Gasteiger partial charge on any atom is -0.359 e. The summed E-state index contributed by atoms with van der Waals surface area (Å²) in [4.78, 5) is 27.4. The molecule has 0 bridgehead atoms. The second-order valence-electron chi connectivity index (χ2n) is 4.08. The summed E-state index contributed by atoms with van der Waals surface area (Å²) in [5, 5.41) is 15.0. The van der Waals surface area contributed by atoms with Gasteiger partial charge in [0, 0.05) is 26.2 Å². The summed E-state index contributed by atoms with van der Waals surface area (Å²) in [5.74, 6) is -1.04. The van der Waals surface area contributed by atoms with Crippen LogP contribution in [0.25, 0.3) is 0 Å². The average molecular weight is 284 g/mol. The highest BCUT2D eigenvalue weighted by molar-refractivity contribution is 6.03. The van der Waals surface area contributed by atoms with Gasteiger partial charge in [0.25, 0.3) is 5.69 Å². The van der Waals surface area contributed by atoms with Crippen LogP contribution in [0.4, 0.5) is 0 Å². The quantitative estimate of drug-likeness (QED) is 0.699. The van der Waals surface area contributed by atoms with Crippen LogP contribution >= 0.6 is 0 Å². The molecular formula is C12H20N4O4. The van der Waals surface area contributed by atoms with E-state index in [2.05, 4.69) is 9.79 Å². The summed E-state index contributed by atoms with van der Waals surface area (Å²) in [6.07, 6.45) is 0. The molecule has 0 aliphatic carbocycles. The molecule has 0 radical (unpaired) electrons. The molecule has 8 heteroatoms. The highest BCUT2D eigenvalue weighted by Crippen LogP contribution is 2.09. The predicted molar refractivity (Wildman–Crippen MR) is 70.0 cm³/mol. The van der Waals surface area contributed by atoms with Gasteiger partial charge in [0.05, 0.1) is 5.16 Å². The lowest BCUT2D eigenvalue weighted by atomic mass is 10.2. The Balaban J connectivity index is 3.19. The Hall–Kier alpha value is -2.12. The molecule has 2 amide bonds. The topological polar surface area (TPSA) is 93.6 Å². The van der Waals surface area contributed by atoms with Gasteiger partial charge in [-0.3, -0.25) is 14.2 Å². The summed E-state index contributed by atoms with van der Waals surface area (Å²) in [5.41, 5.74) is -0.591. The van der Waals surface area contributed by atoms with E-state index in [1.807, 2.05) is 0 Å². The van der Waals surface area contributed by atoms with Gasteiger partial charge in [0.2, 0.25) is 0 Å². The Morgan fingerprint density at radius 1 is 1.05 bits per heavy atom. The largest absolute Gasteiger partial charge is 0.359 e. The fourth-order valence-corrected chi connectivity index (χ4v) is 1.89. The monoisotopic (exact) mass is 284 g/mol. The van der Waals surface area contributed by atoms with E-state index in [-0.39, 0.29) is 16.3 Å². The number of nitrogens with zero attached hydrogens (tertiary/aromatic N) is 4. The highest BCUT2D eigenvalue weighted by Gasteiger charge is 2.35. The molecule has 0 aliphatic heterocycles. The lowest BCUT2D eigenvalue weighted by Crippen LogP contribution is -2.42. The Labute approximate surface area is 117 Å². The third-order valence-electron chi connectivity index (χ3n) is 3.12. The Bertz CT molecular complexity index is 478. The normalized spacial score (nSPS) is 10.4. The van der Waals surface area contributed by atoms with Gasteiger partial charge in [-0.1, -0.05) is 0 Å². The fourth-order valence-electron chi connectivity index (χ4n) is 1.89. The molecule has 0 aromatic carbocycles. The SMILES string of the molecule is CCN(CC)C(=O)c1no[n+]([O-])c1C(=O)N(CC)CC. The van der Waals surface area contributed by atoms with Crippen molar-refractivity contribution in [3.8, 4) is 0 Å². The Kier molecular flexibility index (Phi) is 5.48. The van der Waals surface area contributed by atoms with Crippen molar-refractivity contribution in [3.63, 3.8) is 0 Å². The maximum atomic E-state index is 12.2. The van der Waals surface area contributed by atoms with E-state index >= 15 is 0 Å². The third-order valence-corrected chi connectivity index (χ3v) is 3.12. The second-order valence-corrected chi connectivity index (χ2v) is 4.08. The number of rotatable bonds is 6. The summed E-state index contributed by atoms with van der Waals surface area (Å²) < 4.78 is 4.43. The molecule has 1 aromatic heterocycles. The number of carbonyl (C=O) groups excluding carboxylic acids is 2. The first kappa shape index (κ1) is 15.9. The van der Waals surface area contributed by atoms with Gasteiger partial charge in [-0.15, -0.1) is 0 Å². The van der Waals surface area contributed by atoms with Crippen LogP contribution < -0.4 is 4.90 Å². The maximum Gasteiger partial charge on any atom is 0.318 e. The number of amides is 2. The highest BCUT2D eigenvalue weighted by atomic mass is 16.8. The minimum atomic E-state index is -0.554. The van der Waals surface area contributed by atoms with Crippen LogP contribution in [0.5, 0.6) is 0 Å². The van der Waals surface area contributed by atoms with Crippen LogP contribution in [0.15, 0.2) is 4.63 Å². The standard InChI is InChI=1S/C12H20N4O4/c1-5-14(6-2)11(17)9-10(16(19)20-13-9)12(18)15(7-3)8-4/h5-8H2,1-4H3. The molecule has 0 N–H and O–H groups in total. The van der Waals surface area contributed by atoms with Crippen molar-refractivity contribution < 1.29 is 19.1 Å². The van der Waals surface area contributed by atoms with Gasteiger partial charge in [-0.25, -0.2) is 0 Å². The first-order valence-electron chi connectivity index (χ1n) is 6.69. The molecule has 0 fully saturated rings. The summed E-state index contributed by atoms with van der Waals surface area (Å²) in [7, 11) is 0. The molecule has 0 unspecified atom stereocenters. The van der Waals surface area contributed by atoms with Gasteiger partial charge in [-0.2, -0.15) is 0 Å². The van der Waals surface area contributed by atoms with Crippen molar-refractivity contribution in [2.45, 2.75) is 27.7 Å². The van der Waals surface area contributed by atoms with E-state index in [0.717, 1.165) is 0 Å². The molecular weight excluding hydrogens is 264 g/mol. The van der Waals surface area contributed by atoms with Crippen molar-refractivity contribution >= 4 is 11.8 Å². The molecule has 1 heterocycles. The van der Waals surface area contributed by atoms with Gasteiger partial charge in [0.1, 0.15) is 0 Å². The first-order chi connectivity index (χ1) is 9.51. The molecule has 112 valence electrons. The van der Waals surface area contributed by atoms with Crippen molar-refractivity contribution in [1.29, 1.82) is 0 Å². The molecule has 8 nitrogen and oxygen atoms in total. The number of hydrogen-bond acceptors (Lipinski definition) is 5. The predicted octanol–water partition coefficient (Wildman–Crippen LogP) is 0.272. The smallest absolute Gasteiger partial charge is 0.318 e. The first-order valence-corrected chi connectivity index (χ1v) is 6.69. The molecule has 20 heavy (non-hydrogen) atoms. The third kappa shape index (κ3) is 2.89. The van der Waals surface area contributed by atoms with Crippen LogP contribution in [-0.4, -0.2) is 52.9 Å². The Morgan fingerprint density at radius 2 is 1.50 bits per heavy atom. The van der Waals surface area contributed by atoms with Gasteiger partial charge < -0.3 is 15.0 Å². The molecule has 1 aromatic rings. The van der Waals surface area contributed by atoms with Gasteiger partial charge in [0.15, 0.2) is 0 Å². The molecule has 0 atom stereocenters. The van der Waals surface area contributed by atoms with Crippen LogP contribution in [0.2, 0.25) is 0 Å². The molecule has 0 saturated heterocycles. The molecule has 0 spiro atoms. The van der Waals surface area contributed by atoms with Crippen LogP contribution in [0, 0.1) is 5.21 Å². The summed E-state index contributed by atoms with van der Waals surface area (Å²) in [6.45, 7) is 8.96.